The van der Waals surface area contributed by atoms with Gasteiger partial charge in [0.05, 0.1) is 30.0 Å². The van der Waals surface area contributed by atoms with Crippen molar-refractivity contribution in [3.05, 3.63) is 76.9 Å². The molecule has 1 atom stereocenters. The van der Waals surface area contributed by atoms with Crippen LogP contribution in [-0.2, 0) is 17.6 Å². The van der Waals surface area contributed by atoms with Gasteiger partial charge in [0.25, 0.3) is 0 Å². The minimum atomic E-state index is -0.0713. The predicted molar refractivity (Wildman–Crippen MR) is 125 cm³/mol. The van der Waals surface area contributed by atoms with Crippen molar-refractivity contribution in [1.29, 1.82) is 0 Å². The highest BCUT2D eigenvalue weighted by Crippen LogP contribution is 2.33. The van der Waals surface area contributed by atoms with Gasteiger partial charge in [-0.3, -0.25) is 9.78 Å². The van der Waals surface area contributed by atoms with Crippen LogP contribution in [0.5, 0.6) is 5.75 Å². The average molecular weight is 427 g/mol. The molecular formula is C26H26N4O2. The Morgan fingerprint density at radius 3 is 2.91 bits per heavy atom. The van der Waals surface area contributed by atoms with E-state index in [-0.39, 0.29) is 12.0 Å². The SMILES string of the molecule is Cc1cnc(C)c(-c2ccc3c(c2)C[C@H](CNC(=O)Cc2c(C)[nH]c4ccccc24)O3)n1. The van der Waals surface area contributed by atoms with Crippen molar-refractivity contribution in [3.8, 4) is 17.0 Å². The third-order valence-electron chi connectivity index (χ3n) is 6.04. The number of ether oxygens (including phenoxy) is 1. The van der Waals surface area contributed by atoms with Gasteiger partial charge in [0.15, 0.2) is 0 Å². The maximum absolute atomic E-state index is 12.6. The second kappa shape index (κ2) is 8.11. The number of hydrogen-bond donors (Lipinski definition) is 2. The number of hydrogen-bond acceptors (Lipinski definition) is 4. The molecule has 2 aromatic carbocycles. The molecule has 0 fully saturated rings. The first-order valence-electron chi connectivity index (χ1n) is 10.9. The number of amides is 1. The minimum Gasteiger partial charge on any atom is -0.488 e. The zero-order valence-corrected chi connectivity index (χ0v) is 18.5. The van der Waals surface area contributed by atoms with Crippen LogP contribution in [0.3, 0.4) is 0 Å². The molecule has 1 aliphatic heterocycles. The van der Waals surface area contributed by atoms with Gasteiger partial charge in [0.2, 0.25) is 5.91 Å². The lowest BCUT2D eigenvalue weighted by molar-refractivity contribution is -0.120. The van der Waals surface area contributed by atoms with Gasteiger partial charge in [-0.15, -0.1) is 0 Å². The van der Waals surface area contributed by atoms with Gasteiger partial charge in [-0.2, -0.15) is 0 Å². The van der Waals surface area contributed by atoms with E-state index in [0.717, 1.165) is 62.5 Å². The van der Waals surface area contributed by atoms with Crippen LogP contribution < -0.4 is 10.1 Å². The van der Waals surface area contributed by atoms with Crippen LogP contribution in [0.2, 0.25) is 0 Å². The van der Waals surface area contributed by atoms with Crippen LogP contribution in [0.4, 0.5) is 0 Å². The average Bonchev–Trinajstić information content (AvgIpc) is 3.34. The molecule has 6 nitrogen and oxygen atoms in total. The van der Waals surface area contributed by atoms with Crippen LogP contribution in [0.15, 0.2) is 48.7 Å². The second-order valence-electron chi connectivity index (χ2n) is 8.47. The standard InChI is InChI=1S/C26H26N4O2/c1-15-13-27-17(3)26(29-15)18-8-9-24-19(10-18)11-20(32-24)14-28-25(31)12-22-16(2)30-23-7-5-4-6-21(22)23/h4-10,13,20,30H,11-12,14H2,1-3H3,(H,28,31)/t20-/m1/s1. The molecule has 32 heavy (non-hydrogen) atoms. The zero-order valence-electron chi connectivity index (χ0n) is 18.5. The fraction of sp³-hybridized carbons (Fsp3) is 0.269. The summed E-state index contributed by atoms with van der Waals surface area (Å²) < 4.78 is 6.07. The lowest BCUT2D eigenvalue weighted by atomic mass is 10.0. The number of H-pyrrole nitrogens is 1. The van der Waals surface area contributed by atoms with E-state index < -0.39 is 0 Å². The van der Waals surface area contributed by atoms with Crippen molar-refractivity contribution in [1.82, 2.24) is 20.3 Å². The zero-order chi connectivity index (χ0) is 22.2. The molecule has 2 aromatic heterocycles. The number of nitrogens with one attached hydrogen (secondary N) is 2. The number of nitrogens with zero attached hydrogens (tertiary/aromatic N) is 2. The van der Waals surface area contributed by atoms with Crippen molar-refractivity contribution in [2.75, 3.05) is 6.54 Å². The smallest absolute Gasteiger partial charge is 0.224 e. The summed E-state index contributed by atoms with van der Waals surface area (Å²) in [5.74, 6) is 0.877. The van der Waals surface area contributed by atoms with Crippen molar-refractivity contribution in [2.45, 2.75) is 39.7 Å². The summed E-state index contributed by atoms with van der Waals surface area (Å²) in [6.07, 6.45) is 2.82. The molecule has 0 radical (unpaired) electrons. The van der Waals surface area contributed by atoms with E-state index >= 15 is 0 Å². The van der Waals surface area contributed by atoms with E-state index in [1.807, 2.05) is 51.1 Å². The molecule has 0 aliphatic carbocycles. The molecule has 3 heterocycles. The molecule has 162 valence electrons. The van der Waals surface area contributed by atoms with E-state index in [1.165, 1.54) is 0 Å². The Kier molecular flexibility index (Phi) is 5.13. The van der Waals surface area contributed by atoms with E-state index in [0.29, 0.717) is 13.0 Å². The second-order valence-corrected chi connectivity index (χ2v) is 8.47. The van der Waals surface area contributed by atoms with E-state index in [4.69, 9.17) is 4.74 Å². The first kappa shape index (κ1) is 20.2. The highest BCUT2D eigenvalue weighted by Gasteiger charge is 2.24. The Bertz CT molecular complexity index is 1320. The Morgan fingerprint density at radius 1 is 1.19 bits per heavy atom. The lowest BCUT2D eigenvalue weighted by Gasteiger charge is -2.12. The summed E-state index contributed by atoms with van der Waals surface area (Å²) in [6.45, 7) is 6.41. The van der Waals surface area contributed by atoms with Crippen LogP contribution >= 0.6 is 0 Å². The number of fused-ring (bicyclic) bond motifs is 2. The first-order chi connectivity index (χ1) is 15.5. The van der Waals surface area contributed by atoms with Crippen LogP contribution in [-0.4, -0.2) is 33.5 Å². The maximum atomic E-state index is 12.6. The summed E-state index contributed by atoms with van der Waals surface area (Å²) in [7, 11) is 0. The highest BCUT2D eigenvalue weighted by molar-refractivity contribution is 5.90. The lowest BCUT2D eigenvalue weighted by Crippen LogP contribution is -2.35. The number of aryl methyl sites for hydroxylation is 3. The molecule has 5 rings (SSSR count). The number of aromatic nitrogens is 3. The van der Waals surface area contributed by atoms with Crippen molar-refractivity contribution < 1.29 is 9.53 Å². The Balaban J connectivity index is 1.23. The van der Waals surface area contributed by atoms with Crippen LogP contribution in [0.25, 0.3) is 22.2 Å². The Morgan fingerprint density at radius 2 is 2.03 bits per heavy atom. The fourth-order valence-corrected chi connectivity index (χ4v) is 4.41. The predicted octanol–water partition coefficient (Wildman–Crippen LogP) is 4.21. The highest BCUT2D eigenvalue weighted by atomic mass is 16.5. The number of rotatable bonds is 5. The largest absolute Gasteiger partial charge is 0.488 e. The van der Waals surface area contributed by atoms with Gasteiger partial charge in [0, 0.05) is 34.8 Å². The molecule has 1 aliphatic rings. The topological polar surface area (TPSA) is 79.9 Å². The molecule has 1 amide bonds. The first-order valence-corrected chi connectivity index (χ1v) is 10.9. The quantitative estimate of drug-likeness (QED) is 0.501. The number of carbonyl (C=O) groups excluding carboxylic acids is 1. The molecule has 0 saturated carbocycles. The molecule has 0 spiro atoms. The minimum absolute atomic E-state index is 0.00348. The van der Waals surface area contributed by atoms with Gasteiger partial charge in [0.1, 0.15) is 11.9 Å². The van der Waals surface area contributed by atoms with E-state index in [2.05, 4.69) is 32.4 Å². The van der Waals surface area contributed by atoms with Gasteiger partial charge in [-0.05, 0) is 56.2 Å². The molecule has 6 heteroatoms. The monoisotopic (exact) mass is 426 g/mol. The summed E-state index contributed by atoms with van der Waals surface area (Å²) in [6, 6.07) is 14.2. The summed E-state index contributed by atoms with van der Waals surface area (Å²) in [4.78, 5) is 25.1. The summed E-state index contributed by atoms with van der Waals surface area (Å²) >= 11 is 0. The van der Waals surface area contributed by atoms with E-state index in [1.54, 1.807) is 6.20 Å². The number of aromatic amines is 1. The van der Waals surface area contributed by atoms with Gasteiger partial charge in [-0.25, -0.2) is 4.98 Å². The fourth-order valence-electron chi connectivity index (χ4n) is 4.41. The van der Waals surface area contributed by atoms with Crippen LogP contribution in [0.1, 0.15) is 28.2 Å². The molecule has 4 aromatic rings. The van der Waals surface area contributed by atoms with Crippen LogP contribution in [0, 0.1) is 20.8 Å². The normalized spacial score (nSPS) is 14.9. The van der Waals surface area contributed by atoms with Crippen molar-refractivity contribution >= 4 is 16.8 Å². The van der Waals surface area contributed by atoms with Gasteiger partial charge < -0.3 is 15.0 Å². The third-order valence-corrected chi connectivity index (χ3v) is 6.04. The molecule has 0 bridgehead atoms. The molecular weight excluding hydrogens is 400 g/mol. The molecule has 2 N–H and O–H groups in total. The number of benzene rings is 2. The number of para-hydroxylation sites is 1. The summed E-state index contributed by atoms with van der Waals surface area (Å²) in [5, 5.41) is 4.16. The maximum Gasteiger partial charge on any atom is 0.224 e. The van der Waals surface area contributed by atoms with E-state index in [9.17, 15) is 4.79 Å². The summed E-state index contributed by atoms with van der Waals surface area (Å²) in [5.41, 5.74) is 8.03. The molecule has 0 unspecified atom stereocenters. The van der Waals surface area contributed by atoms with Gasteiger partial charge in [-0.1, -0.05) is 18.2 Å². The van der Waals surface area contributed by atoms with Crippen molar-refractivity contribution in [2.24, 2.45) is 0 Å². The van der Waals surface area contributed by atoms with Gasteiger partial charge >= 0.3 is 0 Å². The molecule has 0 saturated heterocycles. The number of carbonyl (C=O) groups is 1. The Hall–Kier alpha value is -3.67. The third kappa shape index (κ3) is 3.84. The van der Waals surface area contributed by atoms with Crippen molar-refractivity contribution in [3.63, 3.8) is 0 Å². The Labute approximate surface area is 187 Å².